The molecule has 6 unspecified atom stereocenters. The Balaban J connectivity index is 1.41. The molecule has 27 heavy (non-hydrogen) atoms. The molecule has 9 atom stereocenters. The van der Waals surface area contributed by atoms with E-state index in [1.807, 2.05) is 0 Å². The van der Waals surface area contributed by atoms with Crippen LogP contribution < -0.4 is 0 Å². The highest BCUT2D eigenvalue weighted by Gasteiger charge is 2.78. The number of ether oxygens (including phenoxy) is 1. The molecule has 2 N–H and O–H groups in total. The number of nitrogens with one attached hydrogen (secondary N) is 1. The summed E-state index contributed by atoms with van der Waals surface area (Å²) in [5, 5.41) is 18.4. The van der Waals surface area contributed by atoms with Crippen molar-refractivity contribution in [1.82, 2.24) is 0 Å². The number of aliphatic hydroxyl groups is 1. The van der Waals surface area contributed by atoms with Gasteiger partial charge >= 0.3 is 0 Å². The van der Waals surface area contributed by atoms with E-state index in [1.54, 1.807) is 0 Å². The summed E-state index contributed by atoms with van der Waals surface area (Å²) >= 11 is 0. The lowest BCUT2D eigenvalue weighted by atomic mass is 9.46. The van der Waals surface area contributed by atoms with E-state index in [0.29, 0.717) is 17.3 Å². The van der Waals surface area contributed by atoms with Crippen molar-refractivity contribution in [2.45, 2.75) is 70.3 Å². The van der Waals surface area contributed by atoms with Crippen LogP contribution in [0.4, 0.5) is 0 Å². The van der Waals surface area contributed by atoms with Crippen molar-refractivity contribution < 1.29 is 9.84 Å². The largest absolute Gasteiger partial charge is 0.396 e. The second-order valence-electron chi connectivity index (χ2n) is 10.7. The number of rotatable bonds is 2. The van der Waals surface area contributed by atoms with Gasteiger partial charge in [0, 0.05) is 30.3 Å². The van der Waals surface area contributed by atoms with E-state index < -0.39 is 0 Å². The quantitative estimate of drug-likeness (QED) is 0.748. The molecule has 0 amide bonds. The Hall–Kier alpha value is -0.670. The van der Waals surface area contributed by atoms with Crippen molar-refractivity contribution in [2.24, 2.45) is 46.8 Å². The minimum atomic E-state index is 0.210. The van der Waals surface area contributed by atoms with Crippen molar-refractivity contribution >= 4 is 5.71 Å². The highest BCUT2D eigenvalue weighted by atomic mass is 16.5. The number of hydrogen-bond donors (Lipinski definition) is 2. The third-order valence-electron chi connectivity index (χ3n) is 10.3. The summed E-state index contributed by atoms with van der Waals surface area (Å²) in [5.41, 5.74) is 2.86. The Kier molecular flexibility index (Phi) is 3.63. The second kappa shape index (κ2) is 5.69. The lowest BCUT2D eigenvalue weighted by Crippen LogP contribution is -2.57. The minimum Gasteiger partial charge on any atom is -0.396 e. The van der Waals surface area contributed by atoms with Gasteiger partial charge in [-0.1, -0.05) is 12.5 Å². The zero-order valence-corrected chi connectivity index (χ0v) is 16.8. The third kappa shape index (κ3) is 1.99. The molecule has 1 spiro atoms. The van der Waals surface area contributed by atoms with Crippen molar-refractivity contribution in [3.63, 3.8) is 0 Å². The van der Waals surface area contributed by atoms with Crippen molar-refractivity contribution in [3.05, 3.63) is 11.6 Å². The van der Waals surface area contributed by atoms with Crippen LogP contribution in [0.1, 0.15) is 64.7 Å². The highest BCUT2D eigenvalue weighted by molar-refractivity contribution is 5.94. The second-order valence-corrected chi connectivity index (χ2v) is 10.7. The molecule has 0 bridgehead atoms. The molecule has 6 aliphatic rings. The molecule has 1 saturated heterocycles. The Morgan fingerprint density at radius 1 is 1.19 bits per heavy atom. The van der Waals surface area contributed by atoms with E-state index in [2.05, 4.69) is 13.0 Å². The highest BCUT2D eigenvalue weighted by Crippen LogP contribution is 2.79. The normalized spacial score (nSPS) is 55.6. The number of hydrogen-bond acceptors (Lipinski definition) is 3. The molecule has 1 aliphatic heterocycles. The SMILES string of the molecule is CC[C@]12CCC3C(CC(CO)C4=CC(=N)CC[C@@H]43)C1C1CC1[C@@]21CCCO1. The standard InChI is InChI=1S/C24H35NO2/c1-2-23-8-6-17-16-5-4-15(25)11-18(16)14(13-26)10-19(17)22(23)20-12-21(20)24(23)7-3-9-27-24/h11,14,16-17,19-22,25-26H,2-10,12-13H2,1H3/t14?,16-,17?,19?,20?,21?,22?,23+,24+/m1/s1. The predicted octanol–water partition coefficient (Wildman–Crippen LogP) is 4.59. The molecular weight excluding hydrogens is 334 g/mol. The van der Waals surface area contributed by atoms with Crippen LogP contribution in [-0.2, 0) is 4.74 Å². The van der Waals surface area contributed by atoms with Crippen LogP contribution in [0.3, 0.4) is 0 Å². The van der Waals surface area contributed by atoms with E-state index in [4.69, 9.17) is 10.1 Å². The van der Waals surface area contributed by atoms with Crippen LogP contribution in [-0.4, -0.2) is 29.6 Å². The number of aliphatic hydroxyl groups excluding tert-OH is 1. The first kappa shape index (κ1) is 17.2. The average molecular weight is 370 g/mol. The monoisotopic (exact) mass is 369 g/mol. The lowest BCUT2D eigenvalue weighted by Gasteiger charge is -2.59. The Bertz CT molecular complexity index is 692. The zero-order valence-electron chi connectivity index (χ0n) is 16.8. The topological polar surface area (TPSA) is 53.3 Å². The first-order chi connectivity index (χ1) is 13.1. The summed E-state index contributed by atoms with van der Waals surface area (Å²) in [6, 6.07) is 0. The maximum Gasteiger partial charge on any atom is 0.0772 e. The van der Waals surface area contributed by atoms with Crippen LogP contribution in [0.5, 0.6) is 0 Å². The van der Waals surface area contributed by atoms with E-state index in [-0.39, 0.29) is 12.2 Å². The zero-order chi connectivity index (χ0) is 18.4. The fraction of sp³-hybridized carbons (Fsp3) is 0.875. The third-order valence-corrected chi connectivity index (χ3v) is 10.3. The molecule has 0 aromatic rings. The molecule has 5 aliphatic carbocycles. The van der Waals surface area contributed by atoms with Crippen molar-refractivity contribution in [2.75, 3.05) is 13.2 Å². The lowest BCUT2D eigenvalue weighted by molar-refractivity contribution is -0.161. The van der Waals surface area contributed by atoms with E-state index >= 15 is 0 Å². The maximum atomic E-state index is 10.2. The molecule has 0 radical (unpaired) electrons. The number of allylic oxidation sites excluding steroid dienone is 1. The Labute approximate surface area is 163 Å². The summed E-state index contributed by atoms with van der Waals surface area (Å²) in [6.07, 6.45) is 13.4. The summed E-state index contributed by atoms with van der Waals surface area (Å²) < 4.78 is 6.68. The first-order valence-corrected chi connectivity index (χ1v) is 11.7. The van der Waals surface area contributed by atoms with Gasteiger partial charge in [0.25, 0.3) is 0 Å². The van der Waals surface area contributed by atoms with Gasteiger partial charge in [-0.05, 0) is 99.4 Å². The number of fused-ring (bicyclic) bond motifs is 9. The van der Waals surface area contributed by atoms with Crippen molar-refractivity contribution in [3.8, 4) is 0 Å². The van der Waals surface area contributed by atoms with Crippen molar-refractivity contribution in [1.29, 1.82) is 5.41 Å². The summed E-state index contributed by atoms with van der Waals surface area (Å²) in [5.74, 6) is 5.11. The predicted molar refractivity (Wildman–Crippen MR) is 106 cm³/mol. The molecule has 1 heterocycles. The summed E-state index contributed by atoms with van der Waals surface area (Å²) in [6.45, 7) is 3.71. The molecule has 3 heteroatoms. The molecule has 5 fully saturated rings. The Morgan fingerprint density at radius 2 is 2.07 bits per heavy atom. The molecule has 4 saturated carbocycles. The van der Waals surface area contributed by atoms with Gasteiger partial charge in [-0.3, -0.25) is 0 Å². The van der Waals surface area contributed by atoms with Gasteiger partial charge in [0.15, 0.2) is 0 Å². The smallest absolute Gasteiger partial charge is 0.0772 e. The fourth-order valence-electron chi connectivity index (χ4n) is 9.48. The van der Waals surface area contributed by atoms with Crippen LogP contribution >= 0.6 is 0 Å². The van der Waals surface area contributed by atoms with Gasteiger partial charge in [0.1, 0.15) is 0 Å². The van der Waals surface area contributed by atoms with Gasteiger partial charge in [-0.2, -0.15) is 0 Å². The van der Waals surface area contributed by atoms with Crippen LogP contribution in [0, 0.1) is 52.2 Å². The van der Waals surface area contributed by atoms with Gasteiger partial charge in [-0.25, -0.2) is 0 Å². The maximum absolute atomic E-state index is 10.2. The summed E-state index contributed by atoms with van der Waals surface area (Å²) in [4.78, 5) is 0. The van der Waals surface area contributed by atoms with Gasteiger partial charge in [0.05, 0.1) is 5.60 Å². The molecule has 0 aromatic carbocycles. The minimum absolute atomic E-state index is 0.210. The van der Waals surface area contributed by atoms with E-state index in [0.717, 1.165) is 54.7 Å². The van der Waals surface area contributed by atoms with E-state index in [9.17, 15) is 5.11 Å². The Morgan fingerprint density at radius 3 is 2.81 bits per heavy atom. The first-order valence-electron chi connectivity index (χ1n) is 11.7. The fourth-order valence-corrected chi connectivity index (χ4v) is 9.48. The molecular formula is C24H35NO2. The van der Waals surface area contributed by atoms with Crippen LogP contribution in [0.25, 0.3) is 0 Å². The molecule has 0 aromatic heterocycles. The molecule has 148 valence electrons. The molecule has 3 nitrogen and oxygen atoms in total. The van der Waals surface area contributed by atoms with Gasteiger partial charge in [-0.15, -0.1) is 0 Å². The van der Waals surface area contributed by atoms with Crippen LogP contribution in [0.2, 0.25) is 0 Å². The van der Waals surface area contributed by atoms with E-state index in [1.165, 1.54) is 50.5 Å². The van der Waals surface area contributed by atoms with Gasteiger partial charge in [0.2, 0.25) is 0 Å². The summed E-state index contributed by atoms with van der Waals surface area (Å²) in [7, 11) is 0. The average Bonchev–Trinajstić information content (AvgIpc) is 3.25. The van der Waals surface area contributed by atoms with Gasteiger partial charge < -0.3 is 15.3 Å². The molecule has 6 rings (SSSR count). The van der Waals surface area contributed by atoms with Crippen LogP contribution in [0.15, 0.2) is 11.6 Å².